The molecule has 0 aliphatic carbocycles. The van der Waals surface area contributed by atoms with E-state index in [1.54, 1.807) is 7.11 Å². The topological polar surface area (TPSA) is 37.4 Å². The van der Waals surface area contributed by atoms with Gasteiger partial charge in [-0.25, -0.2) is 0 Å². The van der Waals surface area contributed by atoms with Gasteiger partial charge < -0.3 is 9.14 Å². The van der Waals surface area contributed by atoms with Crippen LogP contribution in [0.5, 0.6) is 5.75 Å². The van der Waals surface area contributed by atoms with Crippen molar-refractivity contribution in [3.8, 4) is 22.9 Å². The van der Waals surface area contributed by atoms with Crippen LogP contribution in [-0.4, -0.2) is 11.5 Å². The standard InChI is InChI=1S/C21H15ClN2O/c1-13-9-15(11-23)21-18-8-5-16(22)10-19(18)20(12-24(13)21)14-3-6-17(25-2)7-4-14/h3-10,12H,1-2H3. The molecule has 4 heteroatoms. The summed E-state index contributed by atoms with van der Waals surface area (Å²) in [6, 6.07) is 18.0. The molecule has 0 N–H and O–H groups in total. The summed E-state index contributed by atoms with van der Waals surface area (Å²) in [5, 5.41) is 12.2. The van der Waals surface area contributed by atoms with Crippen LogP contribution in [0.4, 0.5) is 0 Å². The second-order valence-electron chi connectivity index (χ2n) is 5.99. The molecule has 0 bridgehead atoms. The number of fused-ring (bicyclic) bond motifs is 3. The normalized spacial score (nSPS) is 11.0. The van der Waals surface area contributed by atoms with Gasteiger partial charge in [0.2, 0.25) is 0 Å². The van der Waals surface area contributed by atoms with Crippen molar-refractivity contribution in [1.29, 1.82) is 5.26 Å². The highest BCUT2D eigenvalue weighted by Gasteiger charge is 2.14. The first-order chi connectivity index (χ1) is 12.1. The Hall–Kier alpha value is -2.96. The van der Waals surface area contributed by atoms with E-state index in [-0.39, 0.29) is 0 Å². The average Bonchev–Trinajstić information content (AvgIpc) is 2.97. The maximum Gasteiger partial charge on any atom is 0.118 e. The highest BCUT2D eigenvalue weighted by molar-refractivity contribution is 6.31. The van der Waals surface area contributed by atoms with E-state index in [0.717, 1.165) is 38.9 Å². The molecule has 0 amide bonds. The van der Waals surface area contributed by atoms with Gasteiger partial charge in [0.1, 0.15) is 11.8 Å². The number of ether oxygens (including phenoxy) is 1. The molecule has 122 valence electrons. The second-order valence-corrected chi connectivity index (χ2v) is 6.43. The second kappa shape index (κ2) is 5.84. The molecule has 2 heterocycles. The third-order valence-electron chi connectivity index (χ3n) is 4.54. The van der Waals surface area contributed by atoms with Crippen molar-refractivity contribution in [1.82, 2.24) is 4.40 Å². The van der Waals surface area contributed by atoms with E-state index in [9.17, 15) is 5.26 Å². The number of nitriles is 1. The number of pyridine rings is 1. The summed E-state index contributed by atoms with van der Waals surface area (Å²) in [5.74, 6) is 0.816. The molecule has 0 atom stereocenters. The van der Waals surface area contributed by atoms with Gasteiger partial charge in [0.25, 0.3) is 0 Å². The summed E-state index contributed by atoms with van der Waals surface area (Å²) in [6.45, 7) is 2.01. The predicted molar refractivity (Wildman–Crippen MR) is 101 cm³/mol. The minimum absolute atomic E-state index is 0.672. The molecule has 4 rings (SSSR count). The Morgan fingerprint density at radius 1 is 1.04 bits per heavy atom. The fraction of sp³-hybridized carbons (Fsp3) is 0.0952. The molecular formula is C21H15ClN2O. The van der Waals surface area contributed by atoms with E-state index in [1.807, 2.05) is 55.5 Å². The third-order valence-corrected chi connectivity index (χ3v) is 4.77. The summed E-state index contributed by atoms with van der Waals surface area (Å²) in [7, 11) is 1.66. The highest BCUT2D eigenvalue weighted by Crippen LogP contribution is 2.36. The number of halogens is 1. The van der Waals surface area contributed by atoms with Crippen molar-refractivity contribution >= 4 is 27.9 Å². The summed E-state index contributed by atoms with van der Waals surface area (Å²) in [4.78, 5) is 0. The van der Waals surface area contributed by atoms with Gasteiger partial charge in [0, 0.05) is 27.9 Å². The fourth-order valence-corrected chi connectivity index (χ4v) is 3.50. The van der Waals surface area contributed by atoms with Gasteiger partial charge in [-0.1, -0.05) is 29.8 Å². The lowest BCUT2D eigenvalue weighted by atomic mass is 9.99. The van der Waals surface area contributed by atoms with E-state index in [1.165, 1.54) is 0 Å². The minimum atomic E-state index is 0.672. The third kappa shape index (κ3) is 2.43. The van der Waals surface area contributed by atoms with E-state index in [0.29, 0.717) is 10.6 Å². The largest absolute Gasteiger partial charge is 0.497 e. The lowest BCUT2D eigenvalue weighted by Crippen LogP contribution is -1.93. The number of aryl methyl sites for hydroxylation is 1. The maximum atomic E-state index is 9.50. The van der Waals surface area contributed by atoms with Gasteiger partial charge in [0.05, 0.1) is 18.2 Å². The van der Waals surface area contributed by atoms with E-state index < -0.39 is 0 Å². The molecule has 0 spiro atoms. The fourth-order valence-electron chi connectivity index (χ4n) is 3.32. The Morgan fingerprint density at radius 2 is 1.80 bits per heavy atom. The van der Waals surface area contributed by atoms with Crippen molar-refractivity contribution < 1.29 is 4.74 Å². The molecule has 0 radical (unpaired) electrons. The monoisotopic (exact) mass is 346 g/mol. The number of benzene rings is 2. The molecule has 25 heavy (non-hydrogen) atoms. The number of rotatable bonds is 2. The lowest BCUT2D eigenvalue weighted by Gasteiger charge is -2.12. The molecule has 4 aromatic rings. The first-order valence-electron chi connectivity index (χ1n) is 7.91. The van der Waals surface area contributed by atoms with E-state index >= 15 is 0 Å². The Morgan fingerprint density at radius 3 is 2.48 bits per heavy atom. The summed E-state index contributed by atoms with van der Waals surface area (Å²) in [6.07, 6.45) is 2.08. The van der Waals surface area contributed by atoms with E-state index in [2.05, 4.69) is 16.7 Å². The maximum absolute atomic E-state index is 9.50. The van der Waals surface area contributed by atoms with Gasteiger partial charge in [-0.3, -0.25) is 0 Å². The lowest BCUT2D eigenvalue weighted by molar-refractivity contribution is 0.415. The van der Waals surface area contributed by atoms with Crippen LogP contribution in [0.2, 0.25) is 5.02 Å². The van der Waals surface area contributed by atoms with Crippen LogP contribution in [0.25, 0.3) is 27.4 Å². The molecule has 0 fully saturated rings. The van der Waals surface area contributed by atoms with Crippen molar-refractivity contribution in [2.75, 3.05) is 7.11 Å². The zero-order chi connectivity index (χ0) is 17.6. The number of nitrogens with zero attached hydrogens (tertiary/aromatic N) is 2. The summed E-state index contributed by atoms with van der Waals surface area (Å²) >= 11 is 6.26. The first kappa shape index (κ1) is 15.6. The van der Waals surface area contributed by atoms with Gasteiger partial charge >= 0.3 is 0 Å². The van der Waals surface area contributed by atoms with Crippen molar-refractivity contribution in [2.45, 2.75) is 6.92 Å². The quantitative estimate of drug-likeness (QED) is 0.473. The summed E-state index contributed by atoms with van der Waals surface area (Å²) < 4.78 is 7.33. The Balaban J connectivity index is 2.13. The van der Waals surface area contributed by atoms with Crippen LogP contribution >= 0.6 is 11.6 Å². The van der Waals surface area contributed by atoms with Crippen LogP contribution < -0.4 is 4.74 Å². The van der Waals surface area contributed by atoms with Crippen LogP contribution in [-0.2, 0) is 0 Å². The summed E-state index contributed by atoms with van der Waals surface area (Å²) in [5.41, 5.74) is 4.76. The van der Waals surface area contributed by atoms with Crippen molar-refractivity contribution in [3.63, 3.8) is 0 Å². The molecule has 0 saturated heterocycles. The van der Waals surface area contributed by atoms with Crippen LogP contribution in [0.15, 0.2) is 54.7 Å². The molecule has 2 aromatic carbocycles. The molecule has 2 aromatic heterocycles. The molecule has 0 aliphatic rings. The van der Waals surface area contributed by atoms with Crippen molar-refractivity contribution in [3.05, 3.63) is 71.0 Å². The smallest absolute Gasteiger partial charge is 0.118 e. The van der Waals surface area contributed by atoms with Gasteiger partial charge in [0.15, 0.2) is 0 Å². The Labute approximate surface area is 150 Å². The Bertz CT molecular complexity index is 1150. The van der Waals surface area contributed by atoms with Crippen LogP contribution in [0, 0.1) is 18.3 Å². The number of methoxy groups -OCH3 is 1. The molecule has 3 nitrogen and oxygen atoms in total. The van der Waals surface area contributed by atoms with Gasteiger partial charge in [-0.05, 0) is 48.2 Å². The average molecular weight is 347 g/mol. The minimum Gasteiger partial charge on any atom is -0.497 e. The molecule has 0 aliphatic heterocycles. The first-order valence-corrected chi connectivity index (χ1v) is 8.28. The van der Waals surface area contributed by atoms with Crippen LogP contribution in [0.1, 0.15) is 11.3 Å². The highest BCUT2D eigenvalue weighted by atomic mass is 35.5. The van der Waals surface area contributed by atoms with Crippen LogP contribution in [0.3, 0.4) is 0 Å². The zero-order valence-electron chi connectivity index (χ0n) is 13.9. The molecule has 0 saturated carbocycles. The van der Waals surface area contributed by atoms with E-state index in [4.69, 9.17) is 16.3 Å². The molecular weight excluding hydrogens is 332 g/mol. The van der Waals surface area contributed by atoms with Crippen molar-refractivity contribution in [2.24, 2.45) is 0 Å². The van der Waals surface area contributed by atoms with Gasteiger partial charge in [-0.15, -0.1) is 0 Å². The Kier molecular flexibility index (Phi) is 3.63. The predicted octanol–water partition coefficient (Wildman–Crippen LogP) is 5.60. The molecule has 0 unspecified atom stereocenters. The zero-order valence-corrected chi connectivity index (χ0v) is 14.6. The number of aromatic nitrogens is 1. The number of hydrogen-bond acceptors (Lipinski definition) is 2. The van der Waals surface area contributed by atoms with Gasteiger partial charge in [-0.2, -0.15) is 5.26 Å². The number of hydrogen-bond donors (Lipinski definition) is 0. The SMILES string of the molecule is COc1ccc(-c2cn3c(C)cc(C#N)c3c3ccc(Cl)cc23)cc1.